The lowest BCUT2D eigenvalue weighted by molar-refractivity contribution is -0.144. The van der Waals surface area contributed by atoms with Crippen LogP contribution in [0.4, 0.5) is 8.78 Å². The third-order valence-corrected chi connectivity index (χ3v) is 10.6. The van der Waals surface area contributed by atoms with Crippen LogP contribution in [-0.4, -0.2) is 73.5 Å². The van der Waals surface area contributed by atoms with Crippen LogP contribution in [-0.2, 0) is 20.6 Å². The van der Waals surface area contributed by atoms with Gasteiger partial charge in [0.2, 0.25) is 11.8 Å². The van der Waals surface area contributed by atoms with E-state index in [0.29, 0.717) is 61.6 Å². The molecule has 2 aromatic heterocycles. The lowest BCUT2D eigenvalue weighted by atomic mass is 9.90. The van der Waals surface area contributed by atoms with Gasteiger partial charge in [0, 0.05) is 43.1 Å². The van der Waals surface area contributed by atoms with Gasteiger partial charge in [-0.05, 0) is 68.2 Å². The maximum absolute atomic E-state index is 14.5. The molecule has 234 valence electrons. The smallest absolute Gasteiger partial charge is 0.327 e. The van der Waals surface area contributed by atoms with Crippen LogP contribution >= 0.6 is 7.37 Å². The molecular weight excluding hydrogens is 579 g/mol. The van der Waals surface area contributed by atoms with Gasteiger partial charge in [0.25, 0.3) is 7.37 Å². The molecule has 0 spiro atoms. The van der Waals surface area contributed by atoms with Gasteiger partial charge in [0.1, 0.15) is 6.04 Å². The van der Waals surface area contributed by atoms with Gasteiger partial charge < -0.3 is 20.1 Å². The molecule has 2 aromatic rings. The van der Waals surface area contributed by atoms with E-state index in [9.17, 15) is 32.6 Å². The number of nitrogens with zero attached hydrogens (tertiary/aromatic N) is 2. The summed E-state index contributed by atoms with van der Waals surface area (Å²) in [5, 5.41) is 10.6. The molecule has 43 heavy (non-hydrogen) atoms. The topological polar surface area (TPSA) is 148 Å². The second-order valence-electron chi connectivity index (χ2n) is 12.2. The molecule has 5 atom stereocenters. The van der Waals surface area contributed by atoms with E-state index in [0.717, 1.165) is 31.2 Å². The number of ketones is 1. The van der Waals surface area contributed by atoms with Crippen molar-refractivity contribution >= 4 is 37.1 Å². The summed E-state index contributed by atoms with van der Waals surface area (Å²) >= 11 is 0. The molecule has 5 unspecified atom stereocenters. The second kappa shape index (κ2) is 12.9. The Morgan fingerprint density at radius 2 is 2.02 bits per heavy atom. The van der Waals surface area contributed by atoms with E-state index >= 15 is 0 Å². The number of rotatable bonds is 11. The monoisotopic (exact) mass is 619 g/mol. The molecule has 4 N–H and O–H groups in total. The molecular formula is C30H40F2N5O5P. The molecule has 0 aromatic carbocycles. The number of hydrogen-bond donors (Lipinski definition) is 4. The number of halogens is 2. The predicted molar refractivity (Wildman–Crippen MR) is 157 cm³/mol. The minimum Gasteiger partial charge on any atom is -0.354 e. The summed E-state index contributed by atoms with van der Waals surface area (Å²) in [6.45, 7) is 1.12. The summed E-state index contributed by atoms with van der Waals surface area (Å²) < 4.78 is 40.6. The molecule has 13 heteroatoms. The number of aromatic amines is 2. The summed E-state index contributed by atoms with van der Waals surface area (Å²) in [4.78, 5) is 54.1. The Bertz CT molecular complexity index is 1500. The van der Waals surface area contributed by atoms with Gasteiger partial charge in [-0.15, -0.1) is 0 Å². The van der Waals surface area contributed by atoms with Crippen LogP contribution in [0.1, 0.15) is 80.3 Å². The Labute approximate surface area is 248 Å². The third kappa shape index (κ3) is 6.85. The van der Waals surface area contributed by atoms with Gasteiger partial charge in [0.05, 0.1) is 17.8 Å². The molecule has 2 saturated heterocycles. The Morgan fingerprint density at radius 1 is 1.23 bits per heavy atom. The molecule has 10 nitrogen and oxygen atoms in total. The molecule has 2 fully saturated rings. The van der Waals surface area contributed by atoms with Crippen LogP contribution < -0.4 is 15.9 Å². The first kappa shape index (κ1) is 31.3. The van der Waals surface area contributed by atoms with Crippen molar-refractivity contribution < 1.29 is 32.6 Å². The van der Waals surface area contributed by atoms with Crippen LogP contribution in [0.25, 0.3) is 12.2 Å². The van der Waals surface area contributed by atoms with Crippen LogP contribution in [0.3, 0.4) is 0 Å². The number of carbonyl (C=O) groups excluding carboxylic acids is 3. The number of amides is 2. The summed E-state index contributed by atoms with van der Waals surface area (Å²) in [6.07, 6.45) is 13.0. The van der Waals surface area contributed by atoms with Crippen LogP contribution in [0.2, 0.25) is 0 Å². The second-order valence-corrected chi connectivity index (χ2v) is 14.5. The number of hydrogen-bond acceptors (Lipinski definition) is 5. The molecule has 0 bridgehead atoms. The quantitative estimate of drug-likeness (QED) is 0.225. The molecule has 2 amide bonds. The summed E-state index contributed by atoms with van der Waals surface area (Å²) in [6, 6.07) is 1.20. The molecule has 5 rings (SSSR count). The highest BCUT2D eigenvalue weighted by Crippen LogP contribution is 2.58. The van der Waals surface area contributed by atoms with E-state index in [1.807, 2.05) is 4.90 Å². The fraction of sp³-hybridized carbons (Fsp3) is 0.600. The van der Waals surface area contributed by atoms with E-state index in [-0.39, 0.29) is 42.4 Å². The normalized spacial score (nSPS) is 25.4. The first-order chi connectivity index (χ1) is 20.5. The van der Waals surface area contributed by atoms with Crippen molar-refractivity contribution in [2.75, 3.05) is 13.2 Å². The Morgan fingerprint density at radius 3 is 2.77 bits per heavy atom. The fourth-order valence-electron chi connectivity index (χ4n) is 6.65. The fourth-order valence-corrected chi connectivity index (χ4v) is 7.45. The van der Waals surface area contributed by atoms with Crippen molar-refractivity contribution in [1.29, 1.82) is 0 Å². The van der Waals surface area contributed by atoms with Gasteiger partial charge in [-0.1, -0.05) is 25.0 Å². The number of H-pyrrole nitrogens is 2. The van der Waals surface area contributed by atoms with Gasteiger partial charge in [0.15, 0.2) is 5.78 Å². The maximum Gasteiger partial charge on any atom is 0.327 e. The minimum absolute atomic E-state index is 0.00626. The SMILES string of the molecule is CP(=O)(O)C(F)(F)C1C=c2[nH]c(C(=O)CCCC3CCCCC4CCC(C(=O)NCCc5cn[nH]c5)N4C3=O)cc2=CC1. The Kier molecular flexibility index (Phi) is 9.37. The number of fused-ring (bicyclic) bond motifs is 2. The third-order valence-electron chi connectivity index (χ3n) is 9.11. The highest BCUT2D eigenvalue weighted by molar-refractivity contribution is 7.58. The number of aromatic nitrogens is 3. The maximum atomic E-state index is 14.5. The van der Waals surface area contributed by atoms with Gasteiger partial charge >= 0.3 is 5.66 Å². The van der Waals surface area contributed by atoms with Crippen molar-refractivity contribution in [2.24, 2.45) is 11.8 Å². The Balaban J connectivity index is 1.18. The lowest BCUT2D eigenvalue weighted by Gasteiger charge is -2.35. The molecule has 3 aliphatic rings. The Hall–Kier alpha value is -3.11. The number of alkyl halides is 2. The number of Topliss-reactive ketones (excluding diaryl/α,β-unsaturated/α-hetero) is 1. The van der Waals surface area contributed by atoms with Crippen LogP contribution in [0.5, 0.6) is 0 Å². The highest BCUT2D eigenvalue weighted by Gasteiger charge is 2.51. The molecule has 0 saturated carbocycles. The average Bonchev–Trinajstić information content (AvgIpc) is 3.71. The largest absolute Gasteiger partial charge is 0.354 e. The number of carbonyl (C=O) groups is 3. The molecule has 1 aliphatic carbocycles. The lowest BCUT2D eigenvalue weighted by Crippen LogP contribution is -2.51. The van der Waals surface area contributed by atoms with E-state index < -0.39 is 25.0 Å². The van der Waals surface area contributed by atoms with E-state index in [1.54, 1.807) is 24.5 Å². The van der Waals surface area contributed by atoms with Crippen molar-refractivity contribution in [3.63, 3.8) is 0 Å². The summed E-state index contributed by atoms with van der Waals surface area (Å²) in [5.74, 6) is -2.02. The standard InChI is InChI=1S/C30H40F2N5O5P/c1-43(41,42)30(31,32)22-10-9-21-15-25(36-24(21)16-22)27(38)8-4-6-20-5-2-3-7-23-11-12-26(37(23)29(20)40)28(39)33-14-13-19-17-34-35-18-19/h9,15-18,20,22-23,26,36H,2-8,10-14H2,1H3,(H,33,39)(H,34,35)(H,41,42). The molecule has 0 radical (unpaired) electrons. The van der Waals surface area contributed by atoms with Crippen molar-refractivity contribution in [3.8, 4) is 0 Å². The van der Waals surface area contributed by atoms with Crippen LogP contribution in [0, 0.1) is 11.8 Å². The van der Waals surface area contributed by atoms with Gasteiger partial charge in [-0.3, -0.25) is 24.0 Å². The summed E-state index contributed by atoms with van der Waals surface area (Å²) in [7, 11) is -4.65. The van der Waals surface area contributed by atoms with Crippen molar-refractivity contribution in [2.45, 2.75) is 88.4 Å². The van der Waals surface area contributed by atoms with Gasteiger partial charge in [-0.2, -0.15) is 13.9 Å². The highest BCUT2D eigenvalue weighted by atomic mass is 31.2. The predicted octanol–water partition coefficient (Wildman–Crippen LogP) is 3.07. The molecule has 2 aliphatic heterocycles. The zero-order chi connectivity index (χ0) is 30.8. The van der Waals surface area contributed by atoms with Crippen molar-refractivity contribution in [3.05, 3.63) is 40.3 Å². The van der Waals surface area contributed by atoms with E-state index in [2.05, 4.69) is 20.5 Å². The van der Waals surface area contributed by atoms with Crippen LogP contribution in [0.15, 0.2) is 18.5 Å². The average molecular weight is 620 g/mol. The zero-order valence-electron chi connectivity index (χ0n) is 24.4. The summed E-state index contributed by atoms with van der Waals surface area (Å²) in [5.41, 5.74) is -2.48. The zero-order valence-corrected chi connectivity index (χ0v) is 25.3. The number of nitrogens with one attached hydrogen (secondary N) is 3. The van der Waals surface area contributed by atoms with E-state index in [4.69, 9.17) is 0 Å². The molecule has 4 heterocycles. The minimum atomic E-state index is -4.65. The van der Waals surface area contributed by atoms with Crippen molar-refractivity contribution in [1.82, 2.24) is 25.4 Å². The first-order valence-corrected chi connectivity index (χ1v) is 17.3. The first-order valence-electron chi connectivity index (χ1n) is 15.2. The van der Waals surface area contributed by atoms with Gasteiger partial charge in [-0.25, -0.2) is 0 Å². The van der Waals surface area contributed by atoms with E-state index in [1.165, 1.54) is 6.08 Å².